The quantitative estimate of drug-likeness (QED) is 0.398. The SMILES string of the molecule is COc1ccc(-c2sc(NC(C)(C)C3CCOCC3)nc2C)cc1S(=O)(=O)Nc1cccnc1OC. The molecule has 0 amide bonds. The van der Waals surface area contributed by atoms with E-state index in [1.165, 1.54) is 31.8 Å². The van der Waals surface area contributed by atoms with E-state index in [0.29, 0.717) is 5.92 Å². The molecule has 0 saturated carbocycles. The Labute approximate surface area is 216 Å². The second-order valence-corrected chi connectivity index (χ2v) is 11.8. The number of nitrogens with one attached hydrogen (secondary N) is 2. The lowest BCUT2D eigenvalue weighted by molar-refractivity contribution is 0.0491. The van der Waals surface area contributed by atoms with Gasteiger partial charge in [-0.3, -0.25) is 4.72 Å². The van der Waals surface area contributed by atoms with Crippen LogP contribution in [0.25, 0.3) is 10.4 Å². The molecule has 2 aromatic heterocycles. The van der Waals surface area contributed by atoms with Crippen LogP contribution in [0.3, 0.4) is 0 Å². The maximum absolute atomic E-state index is 13.4. The highest BCUT2D eigenvalue weighted by atomic mass is 32.2. The van der Waals surface area contributed by atoms with Gasteiger partial charge in [-0.1, -0.05) is 11.3 Å². The number of aryl methyl sites for hydroxylation is 1. The Morgan fingerprint density at radius 2 is 1.89 bits per heavy atom. The average molecular weight is 533 g/mol. The molecule has 2 N–H and O–H groups in total. The highest BCUT2D eigenvalue weighted by Gasteiger charge is 2.32. The summed E-state index contributed by atoms with van der Waals surface area (Å²) in [7, 11) is -1.13. The average Bonchev–Trinajstić information content (AvgIpc) is 3.23. The molecule has 4 rings (SSSR count). The van der Waals surface area contributed by atoms with Crippen LogP contribution >= 0.6 is 11.3 Å². The largest absolute Gasteiger partial charge is 0.495 e. The first kappa shape index (κ1) is 26.2. The van der Waals surface area contributed by atoms with E-state index >= 15 is 0 Å². The Morgan fingerprint density at radius 1 is 1.14 bits per heavy atom. The van der Waals surface area contributed by atoms with Gasteiger partial charge in [0.2, 0.25) is 5.88 Å². The van der Waals surface area contributed by atoms with Crippen molar-refractivity contribution in [1.82, 2.24) is 9.97 Å². The minimum absolute atomic E-state index is 0.0123. The highest BCUT2D eigenvalue weighted by Crippen LogP contribution is 2.39. The molecule has 1 saturated heterocycles. The van der Waals surface area contributed by atoms with Crippen molar-refractivity contribution in [3.8, 4) is 22.1 Å². The molecule has 9 nitrogen and oxygen atoms in total. The van der Waals surface area contributed by atoms with Gasteiger partial charge >= 0.3 is 0 Å². The van der Waals surface area contributed by atoms with Gasteiger partial charge in [-0.2, -0.15) is 0 Å². The molecule has 194 valence electrons. The van der Waals surface area contributed by atoms with Crippen LogP contribution < -0.4 is 19.5 Å². The summed E-state index contributed by atoms with van der Waals surface area (Å²) < 4.78 is 45.4. The monoisotopic (exact) mass is 532 g/mol. The molecule has 0 spiro atoms. The fourth-order valence-electron chi connectivity index (χ4n) is 4.37. The number of thiazole rings is 1. The minimum Gasteiger partial charge on any atom is -0.495 e. The first-order valence-corrected chi connectivity index (χ1v) is 14.0. The Morgan fingerprint density at radius 3 is 2.58 bits per heavy atom. The maximum Gasteiger partial charge on any atom is 0.265 e. The molecule has 11 heteroatoms. The smallest absolute Gasteiger partial charge is 0.265 e. The summed E-state index contributed by atoms with van der Waals surface area (Å²) >= 11 is 1.51. The lowest BCUT2D eigenvalue weighted by Crippen LogP contribution is -2.42. The van der Waals surface area contributed by atoms with Crippen molar-refractivity contribution in [3.63, 3.8) is 0 Å². The van der Waals surface area contributed by atoms with Gasteiger partial charge in [0, 0.05) is 24.9 Å². The van der Waals surface area contributed by atoms with Gasteiger partial charge in [-0.25, -0.2) is 18.4 Å². The third-order valence-corrected chi connectivity index (χ3v) is 8.90. The van der Waals surface area contributed by atoms with Crippen LogP contribution in [0.5, 0.6) is 11.6 Å². The minimum atomic E-state index is -4.01. The molecule has 36 heavy (non-hydrogen) atoms. The number of ether oxygens (including phenoxy) is 3. The third-order valence-electron chi connectivity index (χ3n) is 6.39. The molecule has 0 atom stereocenters. The van der Waals surface area contributed by atoms with Gasteiger partial charge in [-0.05, 0) is 75.4 Å². The number of benzene rings is 1. The van der Waals surface area contributed by atoms with Crippen molar-refractivity contribution < 1.29 is 22.6 Å². The molecular formula is C25H32N4O5S2. The number of sulfonamides is 1. The lowest BCUT2D eigenvalue weighted by Gasteiger charge is -2.37. The standard InChI is InChI=1S/C25H32N4O5S2/c1-16-22(35-24(27-16)28-25(2,3)18-10-13-34-14-11-18)17-8-9-20(32-4)21(15-17)36(30,31)29-19-7-6-12-26-23(19)33-5/h6-9,12,15,18,29H,10-11,13-14H2,1-5H3,(H,27,28). The molecule has 3 heterocycles. The normalized spacial score (nSPS) is 14.9. The Kier molecular flexibility index (Phi) is 7.72. The van der Waals surface area contributed by atoms with E-state index < -0.39 is 10.0 Å². The Bertz CT molecular complexity index is 1320. The van der Waals surface area contributed by atoms with Gasteiger partial charge in [0.15, 0.2) is 5.13 Å². The molecule has 3 aromatic rings. The molecule has 1 fully saturated rings. The predicted molar refractivity (Wildman–Crippen MR) is 142 cm³/mol. The number of aromatic nitrogens is 2. The van der Waals surface area contributed by atoms with E-state index in [1.807, 2.05) is 13.0 Å². The molecule has 0 aliphatic carbocycles. The van der Waals surface area contributed by atoms with Crippen molar-refractivity contribution >= 4 is 32.2 Å². The van der Waals surface area contributed by atoms with E-state index in [4.69, 9.17) is 19.2 Å². The first-order valence-electron chi connectivity index (χ1n) is 11.7. The summed E-state index contributed by atoms with van der Waals surface area (Å²) in [5.41, 5.74) is 1.65. The maximum atomic E-state index is 13.4. The molecule has 1 aliphatic heterocycles. The number of hydrogen-bond acceptors (Lipinski definition) is 9. The third kappa shape index (κ3) is 5.58. The molecular weight excluding hydrogens is 500 g/mol. The summed E-state index contributed by atoms with van der Waals surface area (Å²) in [5, 5.41) is 4.41. The summed E-state index contributed by atoms with van der Waals surface area (Å²) in [5.74, 6) is 0.889. The van der Waals surface area contributed by atoms with Crippen LogP contribution in [0.15, 0.2) is 41.4 Å². The molecule has 0 unspecified atom stereocenters. The number of rotatable bonds is 9. The van der Waals surface area contributed by atoms with Gasteiger partial charge in [-0.15, -0.1) is 0 Å². The van der Waals surface area contributed by atoms with Gasteiger partial charge in [0.25, 0.3) is 10.0 Å². The highest BCUT2D eigenvalue weighted by molar-refractivity contribution is 7.92. The van der Waals surface area contributed by atoms with Crippen molar-refractivity contribution in [3.05, 3.63) is 42.2 Å². The van der Waals surface area contributed by atoms with Crippen LogP contribution in [0, 0.1) is 12.8 Å². The van der Waals surface area contributed by atoms with E-state index in [1.54, 1.807) is 24.3 Å². The van der Waals surface area contributed by atoms with Crippen LogP contribution in [-0.4, -0.2) is 51.4 Å². The van der Waals surface area contributed by atoms with Crippen molar-refractivity contribution in [2.75, 3.05) is 37.5 Å². The van der Waals surface area contributed by atoms with Gasteiger partial charge in [0.1, 0.15) is 16.3 Å². The Hall–Kier alpha value is -2.89. The van der Waals surface area contributed by atoms with Crippen LogP contribution in [-0.2, 0) is 14.8 Å². The zero-order chi connectivity index (χ0) is 25.9. The summed E-state index contributed by atoms with van der Waals surface area (Å²) in [6.07, 6.45) is 3.54. The molecule has 0 radical (unpaired) electrons. The molecule has 1 aromatic carbocycles. The first-order chi connectivity index (χ1) is 17.1. The zero-order valence-corrected chi connectivity index (χ0v) is 22.8. The van der Waals surface area contributed by atoms with E-state index in [9.17, 15) is 8.42 Å². The van der Waals surface area contributed by atoms with E-state index in [0.717, 1.165) is 47.3 Å². The van der Waals surface area contributed by atoms with Gasteiger partial charge in [0.05, 0.1) is 24.8 Å². The topological polar surface area (TPSA) is 112 Å². The number of hydrogen-bond donors (Lipinski definition) is 2. The number of nitrogens with zero attached hydrogens (tertiary/aromatic N) is 2. The number of pyridine rings is 1. The van der Waals surface area contributed by atoms with Gasteiger partial charge < -0.3 is 19.5 Å². The zero-order valence-electron chi connectivity index (χ0n) is 21.1. The van der Waals surface area contributed by atoms with Crippen molar-refractivity contribution in [2.24, 2.45) is 5.92 Å². The second-order valence-electron chi connectivity index (χ2n) is 9.20. The summed E-state index contributed by atoms with van der Waals surface area (Å²) in [4.78, 5) is 9.71. The molecule has 0 bridgehead atoms. The summed E-state index contributed by atoms with van der Waals surface area (Å²) in [6, 6.07) is 8.33. The van der Waals surface area contributed by atoms with E-state index in [-0.39, 0.29) is 27.8 Å². The van der Waals surface area contributed by atoms with Crippen LogP contribution in [0.4, 0.5) is 10.8 Å². The Balaban J connectivity index is 1.64. The summed E-state index contributed by atoms with van der Waals surface area (Å²) in [6.45, 7) is 7.86. The fourth-order valence-corrected chi connectivity index (χ4v) is 6.75. The van der Waals surface area contributed by atoms with Crippen molar-refractivity contribution in [1.29, 1.82) is 0 Å². The molecule has 1 aliphatic rings. The second kappa shape index (κ2) is 10.6. The van der Waals surface area contributed by atoms with E-state index in [2.05, 4.69) is 28.9 Å². The number of methoxy groups -OCH3 is 2. The van der Waals surface area contributed by atoms with Crippen LogP contribution in [0.1, 0.15) is 32.4 Å². The number of anilines is 2. The lowest BCUT2D eigenvalue weighted by atomic mass is 9.82. The fraction of sp³-hybridized carbons (Fsp3) is 0.440. The van der Waals surface area contributed by atoms with Crippen LogP contribution in [0.2, 0.25) is 0 Å². The predicted octanol–water partition coefficient (Wildman–Crippen LogP) is 4.95. The van der Waals surface area contributed by atoms with Crippen molar-refractivity contribution in [2.45, 2.75) is 44.0 Å².